The van der Waals surface area contributed by atoms with Gasteiger partial charge in [-0.15, -0.1) is 0 Å². The maximum Gasteiger partial charge on any atom is 0.410 e. The van der Waals surface area contributed by atoms with Crippen LogP contribution in [-0.2, 0) is 9.53 Å². The van der Waals surface area contributed by atoms with Gasteiger partial charge in [0.15, 0.2) is 0 Å². The lowest BCUT2D eigenvalue weighted by atomic mass is 10.2. The Bertz CT molecular complexity index is 533. The molecule has 0 aromatic heterocycles. The Hall–Kier alpha value is -2.15. The number of cyclic esters (lactones) is 1. The smallest absolute Gasteiger partial charge is 0.410 e. The van der Waals surface area contributed by atoms with Crippen molar-refractivity contribution in [3.63, 3.8) is 0 Å². The van der Waals surface area contributed by atoms with Crippen molar-refractivity contribution in [1.82, 2.24) is 4.90 Å². The molecule has 0 saturated carbocycles. The van der Waals surface area contributed by atoms with Crippen LogP contribution in [-0.4, -0.2) is 41.6 Å². The maximum absolute atomic E-state index is 11.8. The van der Waals surface area contributed by atoms with E-state index < -0.39 is 6.09 Å². The first kappa shape index (κ1) is 13.3. The first-order valence-electron chi connectivity index (χ1n) is 5.68. The summed E-state index contributed by atoms with van der Waals surface area (Å²) in [5.74, 6) is -0.317. The van der Waals surface area contributed by atoms with Gasteiger partial charge in [0, 0.05) is 5.56 Å². The molecule has 3 N–H and O–H groups in total. The van der Waals surface area contributed by atoms with Crippen molar-refractivity contribution >= 4 is 34.9 Å². The fourth-order valence-electron chi connectivity index (χ4n) is 1.74. The first-order valence-corrected chi connectivity index (χ1v) is 6.09. The summed E-state index contributed by atoms with van der Waals surface area (Å²) in [5.41, 5.74) is 6.70. The van der Waals surface area contributed by atoms with Crippen LogP contribution in [0, 0.1) is 0 Å². The molecule has 1 aliphatic rings. The highest BCUT2D eigenvalue weighted by Gasteiger charge is 2.24. The van der Waals surface area contributed by atoms with Gasteiger partial charge >= 0.3 is 6.09 Å². The highest BCUT2D eigenvalue weighted by atomic mass is 32.1. The van der Waals surface area contributed by atoms with Crippen molar-refractivity contribution in [1.29, 1.82) is 0 Å². The second-order valence-electron chi connectivity index (χ2n) is 3.99. The average Bonchev–Trinajstić information content (AvgIpc) is 2.75. The Kier molecular flexibility index (Phi) is 3.96. The Morgan fingerprint density at radius 2 is 2.21 bits per heavy atom. The third kappa shape index (κ3) is 3.19. The van der Waals surface area contributed by atoms with E-state index in [2.05, 4.69) is 5.32 Å². The minimum absolute atomic E-state index is 0.0511. The Morgan fingerprint density at radius 1 is 1.47 bits per heavy atom. The predicted octanol–water partition coefficient (Wildman–Crippen LogP) is 0.712. The van der Waals surface area contributed by atoms with Gasteiger partial charge in [-0.05, 0) is 12.1 Å². The number of nitrogens with two attached hydrogens (primary N) is 1. The van der Waals surface area contributed by atoms with Crippen LogP contribution in [0.25, 0.3) is 0 Å². The largest absolute Gasteiger partial charge is 0.448 e. The number of anilines is 1. The van der Waals surface area contributed by atoms with E-state index in [1.54, 1.807) is 24.3 Å². The van der Waals surface area contributed by atoms with E-state index in [0.29, 0.717) is 24.4 Å². The van der Waals surface area contributed by atoms with Gasteiger partial charge in [-0.25, -0.2) is 4.79 Å². The highest BCUT2D eigenvalue weighted by Crippen LogP contribution is 2.15. The molecule has 0 spiro atoms. The zero-order valence-electron chi connectivity index (χ0n) is 10.1. The summed E-state index contributed by atoms with van der Waals surface area (Å²) in [7, 11) is 0. The highest BCUT2D eigenvalue weighted by molar-refractivity contribution is 7.80. The van der Waals surface area contributed by atoms with Gasteiger partial charge in [-0.3, -0.25) is 9.69 Å². The van der Waals surface area contributed by atoms with Crippen LogP contribution in [0.1, 0.15) is 5.56 Å². The number of rotatable bonds is 4. The first-order chi connectivity index (χ1) is 9.08. The fraction of sp³-hybridized carbons (Fsp3) is 0.250. The SMILES string of the molecule is NC(=S)c1ccccc1NC(=O)CN1CCOC1=O. The lowest BCUT2D eigenvalue weighted by Crippen LogP contribution is -2.34. The minimum Gasteiger partial charge on any atom is -0.448 e. The molecule has 0 atom stereocenters. The van der Waals surface area contributed by atoms with Gasteiger partial charge in [0.05, 0.1) is 12.2 Å². The van der Waals surface area contributed by atoms with Crippen LogP contribution in [0.3, 0.4) is 0 Å². The molecule has 19 heavy (non-hydrogen) atoms. The molecule has 1 aliphatic heterocycles. The third-order valence-electron chi connectivity index (χ3n) is 2.65. The van der Waals surface area contributed by atoms with E-state index in [4.69, 9.17) is 22.7 Å². The van der Waals surface area contributed by atoms with Crippen LogP contribution in [0.15, 0.2) is 24.3 Å². The standard InChI is InChI=1S/C12H13N3O3S/c13-11(19)8-3-1-2-4-9(8)14-10(16)7-15-5-6-18-12(15)17/h1-4H,5-7H2,(H2,13,19)(H,14,16). The molecule has 100 valence electrons. The molecule has 0 radical (unpaired) electrons. The van der Waals surface area contributed by atoms with E-state index in [1.807, 2.05) is 0 Å². The van der Waals surface area contributed by atoms with Gasteiger partial charge in [0.25, 0.3) is 0 Å². The molecular formula is C12H13N3O3S. The molecule has 1 aromatic carbocycles. The minimum atomic E-state index is -0.474. The molecule has 1 aromatic rings. The van der Waals surface area contributed by atoms with Crippen LogP contribution in [0.5, 0.6) is 0 Å². The third-order valence-corrected chi connectivity index (χ3v) is 2.87. The van der Waals surface area contributed by atoms with Gasteiger partial charge in [-0.2, -0.15) is 0 Å². The van der Waals surface area contributed by atoms with Crippen LogP contribution >= 0.6 is 12.2 Å². The van der Waals surface area contributed by atoms with Gasteiger partial charge in [-0.1, -0.05) is 24.4 Å². The molecule has 2 rings (SSSR count). The van der Waals surface area contributed by atoms with E-state index in [9.17, 15) is 9.59 Å². The van der Waals surface area contributed by atoms with Crippen molar-refractivity contribution in [3.05, 3.63) is 29.8 Å². The van der Waals surface area contributed by atoms with Crippen molar-refractivity contribution < 1.29 is 14.3 Å². The molecule has 0 unspecified atom stereocenters. The van der Waals surface area contributed by atoms with Crippen LogP contribution in [0.2, 0.25) is 0 Å². The molecule has 1 heterocycles. The molecular weight excluding hydrogens is 266 g/mol. The summed E-state index contributed by atoms with van der Waals surface area (Å²) < 4.78 is 4.74. The number of nitrogens with one attached hydrogen (secondary N) is 1. The summed E-state index contributed by atoms with van der Waals surface area (Å²) in [6.07, 6.45) is -0.474. The molecule has 6 nitrogen and oxygen atoms in total. The molecule has 2 amide bonds. The monoisotopic (exact) mass is 279 g/mol. The molecule has 1 saturated heterocycles. The topological polar surface area (TPSA) is 84.7 Å². The number of amides is 2. The van der Waals surface area contributed by atoms with Gasteiger partial charge in [0.2, 0.25) is 5.91 Å². The molecule has 7 heteroatoms. The molecule has 0 aliphatic carbocycles. The van der Waals surface area contributed by atoms with E-state index in [1.165, 1.54) is 4.90 Å². The van der Waals surface area contributed by atoms with E-state index in [0.717, 1.165) is 0 Å². The van der Waals surface area contributed by atoms with Gasteiger partial charge in [0.1, 0.15) is 18.1 Å². The second kappa shape index (κ2) is 5.66. The van der Waals surface area contributed by atoms with E-state index in [-0.39, 0.29) is 17.4 Å². The lowest BCUT2D eigenvalue weighted by molar-refractivity contribution is -0.116. The molecule has 0 bridgehead atoms. The number of ether oxygens (including phenoxy) is 1. The predicted molar refractivity (Wildman–Crippen MR) is 73.9 cm³/mol. The van der Waals surface area contributed by atoms with E-state index >= 15 is 0 Å². The molecule has 1 fully saturated rings. The zero-order valence-corrected chi connectivity index (χ0v) is 10.9. The summed E-state index contributed by atoms with van der Waals surface area (Å²) in [5, 5.41) is 2.68. The van der Waals surface area contributed by atoms with Gasteiger partial charge < -0.3 is 15.8 Å². The van der Waals surface area contributed by atoms with Crippen LogP contribution < -0.4 is 11.1 Å². The normalized spacial score (nSPS) is 14.1. The number of nitrogens with zero attached hydrogens (tertiary/aromatic N) is 1. The van der Waals surface area contributed by atoms with Crippen molar-refractivity contribution in [3.8, 4) is 0 Å². The summed E-state index contributed by atoms with van der Waals surface area (Å²) in [4.78, 5) is 24.6. The zero-order chi connectivity index (χ0) is 13.8. The lowest BCUT2D eigenvalue weighted by Gasteiger charge is -2.14. The Labute approximate surface area is 115 Å². The van der Waals surface area contributed by atoms with Crippen molar-refractivity contribution in [2.75, 3.05) is 25.0 Å². The average molecular weight is 279 g/mol. The van der Waals surface area contributed by atoms with Crippen molar-refractivity contribution in [2.24, 2.45) is 5.73 Å². The number of hydrogen-bond acceptors (Lipinski definition) is 4. The fourth-order valence-corrected chi connectivity index (χ4v) is 1.92. The Morgan fingerprint density at radius 3 is 2.84 bits per heavy atom. The number of carbonyl (C=O) groups is 2. The summed E-state index contributed by atoms with van der Waals surface area (Å²) in [6, 6.07) is 6.97. The summed E-state index contributed by atoms with van der Waals surface area (Å²) >= 11 is 4.91. The number of hydrogen-bond donors (Lipinski definition) is 2. The number of benzene rings is 1. The maximum atomic E-state index is 11.8. The quantitative estimate of drug-likeness (QED) is 0.793. The Balaban J connectivity index is 2.03. The van der Waals surface area contributed by atoms with Crippen LogP contribution in [0.4, 0.5) is 10.5 Å². The number of carbonyl (C=O) groups excluding carboxylic acids is 2. The number of para-hydroxylation sites is 1. The number of thiocarbonyl (C=S) groups is 1. The second-order valence-corrected chi connectivity index (χ2v) is 4.43. The van der Waals surface area contributed by atoms with Crippen molar-refractivity contribution in [2.45, 2.75) is 0 Å². The summed E-state index contributed by atoms with van der Waals surface area (Å²) in [6.45, 7) is 0.684.